The van der Waals surface area contributed by atoms with Gasteiger partial charge in [0.05, 0.1) is 7.11 Å². The van der Waals surface area contributed by atoms with Gasteiger partial charge in [-0.15, -0.1) is 0 Å². The Morgan fingerprint density at radius 2 is 2.28 bits per heavy atom. The number of ether oxygens (including phenoxy) is 1. The fourth-order valence-electron chi connectivity index (χ4n) is 2.80. The Morgan fingerprint density at radius 3 is 2.78 bits per heavy atom. The van der Waals surface area contributed by atoms with Crippen molar-refractivity contribution >= 4 is 13.1 Å². The number of hydrogen-bond donors (Lipinski definition) is 4. The summed E-state index contributed by atoms with van der Waals surface area (Å²) in [6.45, 7) is 3.20. The maximum atomic E-state index is 11.8. The molecule has 0 unspecified atom stereocenters. The molecule has 5 N–H and O–H groups in total. The summed E-state index contributed by atoms with van der Waals surface area (Å²) in [4.78, 5) is 11.8. The van der Waals surface area contributed by atoms with Gasteiger partial charge in [0.1, 0.15) is 6.04 Å². The number of hydrogen-bond acceptors (Lipinski definition) is 6. The minimum absolute atomic E-state index is 0.192. The zero-order chi connectivity index (χ0) is 13.8. The predicted octanol–water partition coefficient (Wildman–Crippen LogP) is -1.03. The molecule has 1 aliphatic heterocycles. The number of nitrogens with two attached hydrogens (primary N) is 1. The summed E-state index contributed by atoms with van der Waals surface area (Å²) in [6, 6.07) is -0.369. The van der Waals surface area contributed by atoms with Gasteiger partial charge in [0, 0.05) is 6.54 Å². The van der Waals surface area contributed by atoms with Gasteiger partial charge >= 0.3 is 13.1 Å². The molecule has 1 rings (SSSR count). The predicted molar refractivity (Wildman–Crippen MR) is 68.7 cm³/mol. The largest absolute Gasteiger partial charge is 0.468 e. The van der Waals surface area contributed by atoms with Gasteiger partial charge in [-0.1, -0.05) is 13.3 Å². The summed E-state index contributed by atoms with van der Waals surface area (Å²) in [5, 5.41) is 20.9. The fraction of sp³-hybridized carbons (Fsp3) is 0.909. The molecular formula is C11H23BN2O4. The second-order valence-corrected chi connectivity index (χ2v) is 5.18. The topological polar surface area (TPSA) is 105 Å². The Labute approximate surface area is 108 Å². The van der Waals surface area contributed by atoms with Gasteiger partial charge in [0.2, 0.25) is 0 Å². The highest BCUT2D eigenvalue weighted by molar-refractivity contribution is 6.40. The third-order valence-electron chi connectivity index (χ3n) is 4.06. The van der Waals surface area contributed by atoms with Crippen molar-refractivity contribution in [2.24, 2.45) is 17.1 Å². The Balaban J connectivity index is 2.71. The van der Waals surface area contributed by atoms with Gasteiger partial charge < -0.3 is 25.8 Å². The Kier molecular flexibility index (Phi) is 5.59. The van der Waals surface area contributed by atoms with Gasteiger partial charge in [-0.05, 0) is 30.6 Å². The molecule has 0 amide bonds. The van der Waals surface area contributed by atoms with E-state index < -0.39 is 7.12 Å². The third-order valence-corrected chi connectivity index (χ3v) is 4.06. The molecule has 7 heteroatoms. The lowest BCUT2D eigenvalue weighted by molar-refractivity contribution is -0.146. The van der Waals surface area contributed by atoms with Crippen LogP contribution in [0.2, 0.25) is 6.32 Å². The van der Waals surface area contributed by atoms with Crippen LogP contribution in [-0.4, -0.2) is 49.4 Å². The van der Waals surface area contributed by atoms with E-state index in [1.807, 2.05) is 6.92 Å². The molecule has 1 saturated heterocycles. The molecule has 0 aromatic heterocycles. The van der Waals surface area contributed by atoms with Crippen LogP contribution < -0.4 is 11.1 Å². The molecule has 1 aliphatic rings. The molecule has 0 aliphatic carbocycles. The van der Waals surface area contributed by atoms with Crippen LogP contribution in [0.3, 0.4) is 0 Å². The first-order valence-electron chi connectivity index (χ1n) is 6.33. The second kappa shape index (κ2) is 6.52. The highest BCUT2D eigenvalue weighted by Gasteiger charge is 2.49. The summed E-state index contributed by atoms with van der Waals surface area (Å²) in [5.74, 6) is -0.0876. The van der Waals surface area contributed by atoms with Crippen molar-refractivity contribution in [3.63, 3.8) is 0 Å². The van der Waals surface area contributed by atoms with Crippen molar-refractivity contribution in [3.05, 3.63) is 0 Å². The van der Waals surface area contributed by atoms with Crippen LogP contribution in [0, 0.1) is 11.3 Å². The summed E-state index contributed by atoms with van der Waals surface area (Å²) in [6.07, 6.45) is 1.65. The SMILES string of the molecule is COC(=O)[C@H]1NC[C@H](CN)[C@@]1(C)CCCB(O)O. The van der Waals surface area contributed by atoms with Gasteiger partial charge in [0.25, 0.3) is 0 Å². The molecule has 0 aromatic carbocycles. The van der Waals surface area contributed by atoms with Gasteiger partial charge in [-0.3, -0.25) is 4.79 Å². The Bertz CT molecular complexity index is 290. The quantitative estimate of drug-likeness (QED) is 0.358. The van der Waals surface area contributed by atoms with Crippen molar-refractivity contribution in [1.82, 2.24) is 5.32 Å². The van der Waals surface area contributed by atoms with Crippen molar-refractivity contribution in [2.75, 3.05) is 20.2 Å². The monoisotopic (exact) mass is 258 g/mol. The number of esters is 1. The number of rotatable bonds is 6. The summed E-state index contributed by atoms with van der Waals surface area (Å²) < 4.78 is 4.81. The van der Waals surface area contributed by atoms with E-state index in [1.165, 1.54) is 7.11 Å². The van der Waals surface area contributed by atoms with Gasteiger partial charge in [-0.2, -0.15) is 0 Å². The first-order valence-corrected chi connectivity index (χ1v) is 6.33. The standard InChI is InChI=1S/C11H23BN2O4/c1-11(4-3-5-12(16)17)8(6-13)7-14-9(11)10(15)18-2/h8-9,14,16-17H,3-7,13H2,1-2H3/t8-,9+,11+/m0/s1. The Morgan fingerprint density at radius 1 is 1.61 bits per heavy atom. The average molecular weight is 258 g/mol. The van der Waals surface area contributed by atoms with Crippen molar-refractivity contribution in [1.29, 1.82) is 0 Å². The lowest BCUT2D eigenvalue weighted by Gasteiger charge is -2.34. The molecular weight excluding hydrogens is 235 g/mol. The van der Waals surface area contributed by atoms with E-state index in [4.69, 9.17) is 20.5 Å². The smallest absolute Gasteiger partial charge is 0.451 e. The summed E-state index contributed by atoms with van der Waals surface area (Å²) >= 11 is 0. The fourth-order valence-corrected chi connectivity index (χ4v) is 2.80. The van der Waals surface area contributed by atoms with Crippen LogP contribution >= 0.6 is 0 Å². The van der Waals surface area contributed by atoms with E-state index in [1.54, 1.807) is 0 Å². The van der Waals surface area contributed by atoms with Crippen molar-refractivity contribution in [3.8, 4) is 0 Å². The van der Waals surface area contributed by atoms with Crippen LogP contribution in [0.15, 0.2) is 0 Å². The van der Waals surface area contributed by atoms with Crippen LogP contribution in [0.1, 0.15) is 19.8 Å². The normalized spacial score (nSPS) is 31.4. The highest BCUT2D eigenvalue weighted by Crippen LogP contribution is 2.41. The molecule has 0 saturated carbocycles. The molecule has 0 spiro atoms. The maximum Gasteiger partial charge on any atom is 0.451 e. The summed E-state index contributed by atoms with van der Waals surface area (Å²) in [7, 11) is 0.0772. The van der Waals surface area contributed by atoms with Crippen LogP contribution in [0.5, 0.6) is 0 Å². The number of methoxy groups -OCH3 is 1. The van der Waals surface area contributed by atoms with Gasteiger partial charge in [-0.25, -0.2) is 0 Å². The maximum absolute atomic E-state index is 11.8. The van der Waals surface area contributed by atoms with E-state index >= 15 is 0 Å². The number of nitrogens with one attached hydrogen (secondary N) is 1. The minimum Gasteiger partial charge on any atom is -0.468 e. The van der Waals surface area contributed by atoms with Crippen LogP contribution in [0.25, 0.3) is 0 Å². The Hall–Kier alpha value is -0.625. The lowest BCUT2D eigenvalue weighted by atomic mass is 9.69. The highest BCUT2D eigenvalue weighted by atomic mass is 16.5. The van der Waals surface area contributed by atoms with E-state index in [0.717, 1.165) is 0 Å². The molecule has 18 heavy (non-hydrogen) atoms. The molecule has 104 valence electrons. The zero-order valence-corrected chi connectivity index (χ0v) is 11.1. The van der Waals surface area contributed by atoms with E-state index in [-0.39, 0.29) is 23.3 Å². The molecule has 6 nitrogen and oxygen atoms in total. The molecule has 0 bridgehead atoms. The lowest BCUT2D eigenvalue weighted by Crippen LogP contribution is -2.45. The second-order valence-electron chi connectivity index (χ2n) is 5.18. The number of carbonyl (C=O) groups excluding carboxylic acids is 1. The van der Waals surface area contributed by atoms with Gasteiger partial charge in [0.15, 0.2) is 0 Å². The minimum atomic E-state index is -1.30. The zero-order valence-electron chi connectivity index (χ0n) is 11.1. The number of carbonyl (C=O) groups is 1. The third kappa shape index (κ3) is 3.23. The van der Waals surface area contributed by atoms with E-state index in [0.29, 0.717) is 32.3 Å². The van der Waals surface area contributed by atoms with Crippen molar-refractivity contribution < 1.29 is 19.6 Å². The van der Waals surface area contributed by atoms with Crippen LogP contribution in [0.4, 0.5) is 0 Å². The van der Waals surface area contributed by atoms with E-state index in [2.05, 4.69) is 5.32 Å². The average Bonchev–Trinajstić information content (AvgIpc) is 2.64. The van der Waals surface area contributed by atoms with Crippen LogP contribution in [-0.2, 0) is 9.53 Å². The molecule has 1 heterocycles. The molecule has 3 atom stereocenters. The molecule has 0 aromatic rings. The summed E-state index contributed by atoms with van der Waals surface area (Å²) in [5.41, 5.74) is 5.46. The first kappa shape index (κ1) is 15.4. The van der Waals surface area contributed by atoms with E-state index in [9.17, 15) is 4.79 Å². The van der Waals surface area contributed by atoms with Crippen molar-refractivity contribution in [2.45, 2.75) is 32.1 Å². The molecule has 1 fully saturated rings. The molecule has 0 radical (unpaired) electrons. The first-order chi connectivity index (χ1) is 8.45.